The van der Waals surface area contributed by atoms with Crippen molar-refractivity contribution in [2.45, 2.75) is 25.9 Å². The number of nitrogens with zero attached hydrogens (tertiary/aromatic N) is 3. The van der Waals surface area contributed by atoms with Gasteiger partial charge in [0.1, 0.15) is 5.02 Å². The quantitative estimate of drug-likeness (QED) is 0.784. The highest BCUT2D eigenvalue weighted by Crippen LogP contribution is 2.17. The van der Waals surface area contributed by atoms with E-state index in [-0.39, 0.29) is 16.6 Å². The molecule has 7 heteroatoms. The Morgan fingerprint density at radius 2 is 2.25 bits per heavy atom. The molecule has 0 saturated carbocycles. The zero-order chi connectivity index (χ0) is 15.1. The summed E-state index contributed by atoms with van der Waals surface area (Å²) in [5.41, 5.74) is 0.304. The Bertz CT molecular complexity index is 476. The minimum atomic E-state index is -0.266. The Hall–Kier alpha value is -1.11. The third kappa shape index (κ3) is 5.11. The van der Waals surface area contributed by atoms with Gasteiger partial charge in [-0.25, -0.2) is 4.68 Å². The molecule has 0 spiro atoms. The first-order valence-corrected chi connectivity index (χ1v) is 6.99. The van der Waals surface area contributed by atoms with Gasteiger partial charge in [0.15, 0.2) is 0 Å². The van der Waals surface area contributed by atoms with Gasteiger partial charge in [0, 0.05) is 26.3 Å². The zero-order valence-corrected chi connectivity index (χ0v) is 13.3. The number of ether oxygens (including phenoxy) is 1. The second kappa shape index (κ2) is 8.24. The number of aromatic nitrogens is 2. The van der Waals surface area contributed by atoms with Crippen LogP contribution in [0.1, 0.15) is 13.3 Å². The third-order valence-electron chi connectivity index (χ3n) is 2.90. The van der Waals surface area contributed by atoms with E-state index in [2.05, 4.69) is 10.4 Å². The van der Waals surface area contributed by atoms with Crippen molar-refractivity contribution in [1.29, 1.82) is 0 Å². The summed E-state index contributed by atoms with van der Waals surface area (Å²) in [5.74, 6) is 0. The molecule has 6 nitrogen and oxygen atoms in total. The van der Waals surface area contributed by atoms with E-state index in [4.69, 9.17) is 16.3 Å². The van der Waals surface area contributed by atoms with Gasteiger partial charge in [0.05, 0.1) is 18.4 Å². The van der Waals surface area contributed by atoms with Crippen LogP contribution in [0.4, 0.5) is 5.69 Å². The molecule has 1 unspecified atom stereocenters. The molecule has 0 aliphatic rings. The number of hydrogen-bond acceptors (Lipinski definition) is 5. The molecular weight excluding hydrogens is 280 g/mol. The average molecular weight is 303 g/mol. The first-order valence-electron chi connectivity index (χ1n) is 6.61. The number of halogens is 1. The topological polar surface area (TPSA) is 59.4 Å². The van der Waals surface area contributed by atoms with Gasteiger partial charge in [-0.2, -0.15) is 5.10 Å². The molecular formula is C13H23ClN4O2. The number of rotatable bonds is 8. The van der Waals surface area contributed by atoms with Crippen LogP contribution in [-0.2, 0) is 11.3 Å². The van der Waals surface area contributed by atoms with Gasteiger partial charge in [-0.3, -0.25) is 4.79 Å². The van der Waals surface area contributed by atoms with E-state index in [1.807, 2.05) is 25.9 Å². The summed E-state index contributed by atoms with van der Waals surface area (Å²) in [4.78, 5) is 14.1. The standard InChI is InChI=1S/C13H23ClN4O2/c1-10(5-8-20-4)16-11-9-15-18(7-6-17(2)3)13(19)12(11)14/h9-10,16H,5-8H2,1-4H3. The number of nitrogens with one attached hydrogen (secondary N) is 1. The summed E-state index contributed by atoms with van der Waals surface area (Å²) < 4.78 is 6.40. The first kappa shape index (κ1) is 16.9. The van der Waals surface area contributed by atoms with Gasteiger partial charge in [-0.1, -0.05) is 11.6 Å². The van der Waals surface area contributed by atoms with E-state index >= 15 is 0 Å². The van der Waals surface area contributed by atoms with Crippen LogP contribution in [0.3, 0.4) is 0 Å². The smallest absolute Gasteiger partial charge is 0.287 e. The van der Waals surface area contributed by atoms with Crippen molar-refractivity contribution >= 4 is 17.3 Å². The molecule has 0 bridgehead atoms. The highest BCUT2D eigenvalue weighted by Gasteiger charge is 2.11. The van der Waals surface area contributed by atoms with Gasteiger partial charge < -0.3 is 15.0 Å². The molecule has 1 atom stereocenters. The number of anilines is 1. The normalized spacial score (nSPS) is 12.7. The molecule has 0 aromatic carbocycles. The number of likely N-dealkylation sites (N-methyl/N-ethyl adjacent to an activating group) is 1. The predicted octanol–water partition coefficient (Wildman–Crippen LogP) is 1.30. The van der Waals surface area contributed by atoms with Crippen LogP contribution in [0.2, 0.25) is 5.02 Å². The SMILES string of the molecule is COCCC(C)Nc1cnn(CCN(C)C)c(=O)c1Cl. The van der Waals surface area contributed by atoms with E-state index in [1.165, 1.54) is 4.68 Å². The number of methoxy groups -OCH3 is 1. The minimum Gasteiger partial charge on any atom is -0.385 e. The molecule has 0 saturated heterocycles. The number of hydrogen-bond donors (Lipinski definition) is 1. The molecule has 1 aromatic rings. The zero-order valence-electron chi connectivity index (χ0n) is 12.5. The molecule has 0 aliphatic heterocycles. The summed E-state index contributed by atoms with van der Waals surface area (Å²) in [6.45, 7) is 3.91. The van der Waals surface area contributed by atoms with Gasteiger partial charge in [0.2, 0.25) is 0 Å². The first-order chi connectivity index (χ1) is 9.45. The molecule has 1 N–H and O–H groups in total. The molecule has 0 amide bonds. The second-order valence-corrected chi connectivity index (χ2v) is 5.41. The molecule has 20 heavy (non-hydrogen) atoms. The molecule has 1 heterocycles. The van der Waals surface area contributed by atoms with E-state index in [1.54, 1.807) is 13.3 Å². The van der Waals surface area contributed by atoms with Gasteiger partial charge >= 0.3 is 0 Å². The average Bonchev–Trinajstić information content (AvgIpc) is 2.40. The maximum absolute atomic E-state index is 12.1. The lowest BCUT2D eigenvalue weighted by molar-refractivity contribution is 0.191. The predicted molar refractivity (Wildman–Crippen MR) is 81.6 cm³/mol. The summed E-state index contributed by atoms with van der Waals surface area (Å²) >= 11 is 6.11. The van der Waals surface area contributed by atoms with Gasteiger partial charge in [-0.15, -0.1) is 0 Å². The van der Waals surface area contributed by atoms with Crippen LogP contribution in [0.15, 0.2) is 11.0 Å². The van der Waals surface area contributed by atoms with Crippen molar-refractivity contribution in [3.8, 4) is 0 Å². The molecule has 1 rings (SSSR count). The molecule has 0 aliphatic carbocycles. The van der Waals surface area contributed by atoms with Crippen LogP contribution >= 0.6 is 11.6 Å². The van der Waals surface area contributed by atoms with E-state index in [9.17, 15) is 4.79 Å². The van der Waals surface area contributed by atoms with Crippen molar-refractivity contribution < 1.29 is 4.74 Å². The fourth-order valence-corrected chi connectivity index (χ4v) is 1.85. The Labute approximate surface area is 124 Å². The molecule has 0 fully saturated rings. The van der Waals surface area contributed by atoms with E-state index in [0.29, 0.717) is 18.8 Å². The lowest BCUT2D eigenvalue weighted by Crippen LogP contribution is -2.30. The molecule has 0 radical (unpaired) electrons. The lowest BCUT2D eigenvalue weighted by atomic mass is 10.2. The Morgan fingerprint density at radius 1 is 1.55 bits per heavy atom. The fourth-order valence-electron chi connectivity index (χ4n) is 1.65. The Morgan fingerprint density at radius 3 is 2.85 bits per heavy atom. The van der Waals surface area contributed by atoms with Gasteiger partial charge in [0.25, 0.3) is 5.56 Å². The summed E-state index contributed by atoms with van der Waals surface area (Å²) in [6.07, 6.45) is 2.43. The van der Waals surface area contributed by atoms with Crippen LogP contribution in [-0.4, -0.2) is 55.1 Å². The van der Waals surface area contributed by atoms with Crippen LogP contribution in [0, 0.1) is 0 Å². The largest absolute Gasteiger partial charge is 0.385 e. The van der Waals surface area contributed by atoms with Crippen molar-refractivity contribution in [2.75, 3.05) is 39.7 Å². The minimum absolute atomic E-state index is 0.159. The van der Waals surface area contributed by atoms with Gasteiger partial charge in [-0.05, 0) is 27.4 Å². The maximum Gasteiger partial charge on any atom is 0.287 e. The monoisotopic (exact) mass is 302 g/mol. The summed E-state index contributed by atoms with van der Waals surface area (Å²) in [6, 6.07) is 0.159. The highest BCUT2D eigenvalue weighted by molar-refractivity contribution is 6.32. The van der Waals surface area contributed by atoms with Crippen LogP contribution in [0.5, 0.6) is 0 Å². The van der Waals surface area contributed by atoms with Crippen molar-refractivity contribution in [1.82, 2.24) is 14.7 Å². The lowest BCUT2D eigenvalue weighted by Gasteiger charge is -2.16. The third-order valence-corrected chi connectivity index (χ3v) is 3.27. The van der Waals surface area contributed by atoms with Crippen LogP contribution in [0.25, 0.3) is 0 Å². The molecule has 1 aromatic heterocycles. The summed E-state index contributed by atoms with van der Waals surface area (Å²) in [5, 5.41) is 7.51. The summed E-state index contributed by atoms with van der Waals surface area (Å²) in [7, 11) is 5.55. The Kier molecular flexibility index (Phi) is 6.98. The van der Waals surface area contributed by atoms with Crippen molar-refractivity contribution in [3.63, 3.8) is 0 Å². The van der Waals surface area contributed by atoms with Crippen molar-refractivity contribution in [3.05, 3.63) is 21.6 Å². The van der Waals surface area contributed by atoms with Crippen molar-refractivity contribution in [2.24, 2.45) is 0 Å². The fraction of sp³-hybridized carbons (Fsp3) is 0.692. The van der Waals surface area contributed by atoms with Crippen LogP contribution < -0.4 is 10.9 Å². The highest BCUT2D eigenvalue weighted by atomic mass is 35.5. The second-order valence-electron chi connectivity index (χ2n) is 5.03. The molecule has 114 valence electrons. The Balaban J connectivity index is 2.75. The van der Waals surface area contributed by atoms with E-state index in [0.717, 1.165) is 13.0 Å². The van der Waals surface area contributed by atoms with E-state index < -0.39 is 0 Å². The maximum atomic E-state index is 12.1.